The first-order valence-corrected chi connectivity index (χ1v) is 7.29. The van der Waals surface area contributed by atoms with E-state index >= 15 is 0 Å². The van der Waals surface area contributed by atoms with Crippen LogP contribution in [-0.4, -0.2) is 48.6 Å². The van der Waals surface area contributed by atoms with Crippen LogP contribution in [0.15, 0.2) is 0 Å². The van der Waals surface area contributed by atoms with E-state index in [-0.39, 0.29) is 18.4 Å². The Hall–Kier alpha value is -1.10. The summed E-state index contributed by atoms with van der Waals surface area (Å²) in [5.41, 5.74) is -0.617. The van der Waals surface area contributed by atoms with Gasteiger partial charge in [0.1, 0.15) is 5.54 Å². The zero-order valence-corrected chi connectivity index (χ0v) is 11.5. The Labute approximate surface area is 113 Å². The molecule has 1 N–H and O–H groups in total. The van der Waals surface area contributed by atoms with Gasteiger partial charge in [-0.05, 0) is 44.4 Å². The van der Waals surface area contributed by atoms with Crippen molar-refractivity contribution in [3.8, 4) is 0 Å². The molecule has 106 valence electrons. The Balaban J connectivity index is 1.77. The normalized spacial score (nSPS) is 33.4. The molecule has 5 heteroatoms. The van der Waals surface area contributed by atoms with Crippen LogP contribution in [0.3, 0.4) is 0 Å². The summed E-state index contributed by atoms with van der Waals surface area (Å²) in [6, 6.07) is 0. The molecule has 3 fully saturated rings. The van der Waals surface area contributed by atoms with Gasteiger partial charge >= 0.3 is 0 Å². The first-order chi connectivity index (χ1) is 9.12. The molecular formula is C14H22N2O3. The van der Waals surface area contributed by atoms with Gasteiger partial charge in [-0.25, -0.2) is 0 Å². The monoisotopic (exact) mass is 266 g/mol. The fraction of sp³-hybridized carbons (Fsp3) is 0.857. The molecule has 2 saturated heterocycles. The summed E-state index contributed by atoms with van der Waals surface area (Å²) in [7, 11) is 0. The zero-order valence-electron chi connectivity index (χ0n) is 11.5. The standard InChI is InChI=1S/C14H22N2O3/c1-14(11-2-3-11)13(18)15-8-12(17)16(14)9-10-4-6-19-7-5-10/h10-11H,2-9H2,1H3,(H,15,18). The molecule has 0 aromatic rings. The molecule has 2 heterocycles. The Morgan fingerprint density at radius 1 is 1.26 bits per heavy atom. The van der Waals surface area contributed by atoms with E-state index in [0.29, 0.717) is 18.4 Å². The number of hydrogen-bond acceptors (Lipinski definition) is 3. The van der Waals surface area contributed by atoms with Gasteiger partial charge in [-0.15, -0.1) is 0 Å². The van der Waals surface area contributed by atoms with Crippen LogP contribution in [-0.2, 0) is 14.3 Å². The molecule has 3 rings (SSSR count). The predicted molar refractivity (Wildman–Crippen MR) is 69.4 cm³/mol. The molecule has 0 aromatic heterocycles. The fourth-order valence-electron chi connectivity index (χ4n) is 3.34. The van der Waals surface area contributed by atoms with E-state index in [1.807, 2.05) is 11.8 Å². The molecule has 1 unspecified atom stereocenters. The highest BCUT2D eigenvalue weighted by atomic mass is 16.5. The van der Waals surface area contributed by atoms with Gasteiger partial charge in [-0.3, -0.25) is 9.59 Å². The third kappa shape index (κ3) is 2.24. The van der Waals surface area contributed by atoms with Crippen molar-refractivity contribution in [1.29, 1.82) is 0 Å². The third-order valence-electron chi connectivity index (χ3n) is 4.88. The molecule has 2 amide bonds. The number of nitrogens with zero attached hydrogens (tertiary/aromatic N) is 1. The van der Waals surface area contributed by atoms with Crippen molar-refractivity contribution in [3.05, 3.63) is 0 Å². The number of amides is 2. The Morgan fingerprint density at radius 2 is 1.95 bits per heavy atom. The maximum Gasteiger partial charge on any atom is 0.246 e. The lowest BCUT2D eigenvalue weighted by Gasteiger charge is -2.45. The van der Waals surface area contributed by atoms with Gasteiger partial charge in [0.25, 0.3) is 0 Å². The van der Waals surface area contributed by atoms with Crippen molar-refractivity contribution in [2.45, 2.75) is 38.1 Å². The molecule has 3 aliphatic rings. The maximum absolute atomic E-state index is 12.3. The van der Waals surface area contributed by atoms with Gasteiger partial charge in [0.15, 0.2) is 0 Å². The minimum absolute atomic E-state index is 0.0293. The second-order valence-corrected chi connectivity index (χ2v) is 6.16. The van der Waals surface area contributed by atoms with Crippen LogP contribution in [0.2, 0.25) is 0 Å². The fourth-order valence-corrected chi connectivity index (χ4v) is 3.34. The van der Waals surface area contributed by atoms with Crippen LogP contribution in [0.1, 0.15) is 32.6 Å². The van der Waals surface area contributed by atoms with E-state index in [2.05, 4.69) is 5.32 Å². The molecule has 0 bridgehead atoms. The van der Waals surface area contributed by atoms with Crippen LogP contribution in [0.5, 0.6) is 0 Å². The van der Waals surface area contributed by atoms with E-state index in [4.69, 9.17) is 4.74 Å². The zero-order chi connectivity index (χ0) is 13.5. The van der Waals surface area contributed by atoms with E-state index in [0.717, 1.165) is 38.9 Å². The second kappa shape index (κ2) is 4.78. The Morgan fingerprint density at radius 3 is 2.58 bits per heavy atom. The number of carbonyl (C=O) groups excluding carboxylic acids is 2. The number of nitrogens with one attached hydrogen (secondary N) is 1. The van der Waals surface area contributed by atoms with Crippen molar-refractivity contribution >= 4 is 11.8 Å². The molecule has 2 aliphatic heterocycles. The number of rotatable bonds is 3. The smallest absolute Gasteiger partial charge is 0.246 e. The van der Waals surface area contributed by atoms with E-state index < -0.39 is 5.54 Å². The molecule has 1 aliphatic carbocycles. The summed E-state index contributed by atoms with van der Waals surface area (Å²) < 4.78 is 5.37. The van der Waals surface area contributed by atoms with Crippen molar-refractivity contribution in [2.24, 2.45) is 11.8 Å². The van der Waals surface area contributed by atoms with Crippen LogP contribution in [0.25, 0.3) is 0 Å². The third-order valence-corrected chi connectivity index (χ3v) is 4.88. The SMILES string of the molecule is CC1(C2CC2)C(=O)NCC(=O)N1CC1CCOCC1. The average Bonchev–Trinajstić information content (AvgIpc) is 3.25. The molecule has 1 saturated carbocycles. The minimum Gasteiger partial charge on any atom is -0.381 e. The maximum atomic E-state index is 12.3. The summed E-state index contributed by atoms with van der Waals surface area (Å²) in [6.07, 6.45) is 4.10. The molecule has 5 nitrogen and oxygen atoms in total. The lowest BCUT2D eigenvalue weighted by molar-refractivity contribution is -0.155. The lowest BCUT2D eigenvalue weighted by atomic mass is 9.87. The van der Waals surface area contributed by atoms with Gasteiger partial charge in [-0.2, -0.15) is 0 Å². The number of piperazine rings is 1. The van der Waals surface area contributed by atoms with Crippen molar-refractivity contribution in [3.63, 3.8) is 0 Å². The number of ether oxygens (including phenoxy) is 1. The largest absolute Gasteiger partial charge is 0.381 e. The molecule has 1 atom stereocenters. The highest BCUT2D eigenvalue weighted by Crippen LogP contribution is 2.44. The van der Waals surface area contributed by atoms with Gasteiger partial charge in [0, 0.05) is 19.8 Å². The summed E-state index contributed by atoms with van der Waals surface area (Å²) in [6.45, 7) is 4.36. The lowest BCUT2D eigenvalue weighted by Crippen LogP contribution is -2.67. The summed E-state index contributed by atoms with van der Waals surface area (Å²) in [4.78, 5) is 26.4. The molecule has 0 aromatic carbocycles. The summed E-state index contributed by atoms with van der Waals surface area (Å²) in [5, 5.41) is 2.76. The van der Waals surface area contributed by atoms with E-state index in [1.165, 1.54) is 0 Å². The van der Waals surface area contributed by atoms with Gasteiger partial charge < -0.3 is 15.0 Å². The topological polar surface area (TPSA) is 58.6 Å². The van der Waals surface area contributed by atoms with Crippen LogP contribution in [0, 0.1) is 11.8 Å². The molecule has 0 spiro atoms. The quantitative estimate of drug-likeness (QED) is 0.811. The molecule has 19 heavy (non-hydrogen) atoms. The van der Waals surface area contributed by atoms with E-state index in [9.17, 15) is 9.59 Å². The van der Waals surface area contributed by atoms with Gasteiger partial charge in [-0.1, -0.05) is 0 Å². The van der Waals surface area contributed by atoms with Crippen LogP contribution >= 0.6 is 0 Å². The second-order valence-electron chi connectivity index (χ2n) is 6.16. The van der Waals surface area contributed by atoms with E-state index in [1.54, 1.807) is 0 Å². The van der Waals surface area contributed by atoms with Crippen LogP contribution < -0.4 is 5.32 Å². The highest BCUT2D eigenvalue weighted by Gasteiger charge is 2.55. The van der Waals surface area contributed by atoms with Crippen molar-refractivity contribution < 1.29 is 14.3 Å². The Kier molecular flexibility index (Phi) is 3.25. The number of hydrogen-bond donors (Lipinski definition) is 1. The van der Waals surface area contributed by atoms with Crippen molar-refractivity contribution in [1.82, 2.24) is 10.2 Å². The Bertz CT molecular complexity index is 388. The number of carbonyl (C=O) groups is 2. The molecular weight excluding hydrogens is 244 g/mol. The first kappa shape index (κ1) is 12.9. The summed E-state index contributed by atoms with van der Waals surface area (Å²) in [5.74, 6) is 0.917. The van der Waals surface area contributed by atoms with Crippen molar-refractivity contribution in [2.75, 3.05) is 26.3 Å². The van der Waals surface area contributed by atoms with Gasteiger partial charge in [0.05, 0.1) is 6.54 Å². The minimum atomic E-state index is -0.617. The van der Waals surface area contributed by atoms with Crippen LogP contribution in [0.4, 0.5) is 0 Å². The summed E-state index contributed by atoms with van der Waals surface area (Å²) >= 11 is 0. The highest BCUT2D eigenvalue weighted by molar-refractivity contribution is 5.98. The first-order valence-electron chi connectivity index (χ1n) is 7.29. The van der Waals surface area contributed by atoms with Gasteiger partial charge in [0.2, 0.25) is 11.8 Å². The predicted octanol–water partition coefficient (Wildman–Crippen LogP) is 0.540. The average molecular weight is 266 g/mol. The molecule has 0 radical (unpaired) electrons.